The van der Waals surface area contributed by atoms with Crippen LogP contribution in [-0.4, -0.2) is 37.7 Å². The first-order valence-electron chi connectivity index (χ1n) is 6.58. The van der Waals surface area contributed by atoms with Crippen molar-refractivity contribution in [3.63, 3.8) is 0 Å². The molecular weight excluding hydrogens is 302 g/mol. The van der Waals surface area contributed by atoms with Gasteiger partial charge in [0.15, 0.2) is 0 Å². The van der Waals surface area contributed by atoms with Gasteiger partial charge in [-0.1, -0.05) is 12.1 Å². The van der Waals surface area contributed by atoms with Gasteiger partial charge in [-0.2, -0.15) is 0 Å². The van der Waals surface area contributed by atoms with E-state index in [2.05, 4.69) is 10.3 Å². The first kappa shape index (κ1) is 16.1. The zero-order valence-corrected chi connectivity index (χ0v) is 13.4. The molecule has 6 nitrogen and oxygen atoms in total. The number of nitrogens with one attached hydrogen (secondary N) is 1. The second-order valence-electron chi connectivity index (χ2n) is 4.94. The van der Waals surface area contributed by atoms with Crippen LogP contribution in [0.2, 0.25) is 0 Å². The summed E-state index contributed by atoms with van der Waals surface area (Å²) in [7, 11) is -0.691. The predicted octanol–water partition coefficient (Wildman–Crippen LogP) is 1.89. The van der Waals surface area contributed by atoms with Crippen LogP contribution < -0.4 is 5.32 Å². The zero-order valence-electron chi connectivity index (χ0n) is 12.6. The minimum absolute atomic E-state index is 0.117. The van der Waals surface area contributed by atoms with Gasteiger partial charge in [-0.3, -0.25) is 4.79 Å². The topological polar surface area (TPSA) is 79.4 Å². The summed E-state index contributed by atoms with van der Waals surface area (Å²) in [6, 6.07) is 9.72. The highest BCUT2D eigenvalue weighted by molar-refractivity contribution is 7.89. The third-order valence-electron chi connectivity index (χ3n) is 3.12. The van der Waals surface area contributed by atoms with E-state index in [-0.39, 0.29) is 10.5 Å². The van der Waals surface area contributed by atoms with Crippen molar-refractivity contribution < 1.29 is 13.2 Å². The van der Waals surface area contributed by atoms with Gasteiger partial charge in [0, 0.05) is 25.9 Å². The van der Waals surface area contributed by atoms with Crippen molar-refractivity contribution in [3.05, 3.63) is 53.7 Å². The molecule has 0 aliphatic heterocycles. The summed E-state index contributed by atoms with van der Waals surface area (Å²) in [5, 5.41) is 2.63. The number of aryl methyl sites for hydroxylation is 1. The van der Waals surface area contributed by atoms with Gasteiger partial charge in [0.2, 0.25) is 10.0 Å². The summed E-state index contributed by atoms with van der Waals surface area (Å²) < 4.78 is 25.7. The molecule has 116 valence electrons. The van der Waals surface area contributed by atoms with Crippen LogP contribution in [0.15, 0.2) is 47.5 Å². The number of anilines is 1. The highest BCUT2D eigenvalue weighted by Crippen LogP contribution is 2.20. The van der Waals surface area contributed by atoms with Crippen molar-refractivity contribution in [1.82, 2.24) is 9.29 Å². The summed E-state index contributed by atoms with van der Waals surface area (Å²) in [6.07, 6.45) is 1.56. The molecule has 0 atom stereocenters. The SMILES string of the molecule is Cc1ccc(C(=O)Nc2ccccn2)cc1S(=O)(=O)N(C)C. The van der Waals surface area contributed by atoms with Crippen molar-refractivity contribution >= 4 is 21.7 Å². The van der Waals surface area contributed by atoms with E-state index < -0.39 is 15.9 Å². The van der Waals surface area contributed by atoms with Crippen molar-refractivity contribution in [1.29, 1.82) is 0 Å². The van der Waals surface area contributed by atoms with E-state index in [0.717, 1.165) is 4.31 Å². The molecule has 0 saturated carbocycles. The second-order valence-corrected chi connectivity index (χ2v) is 7.06. The minimum atomic E-state index is -3.60. The van der Waals surface area contributed by atoms with Crippen LogP contribution in [0.3, 0.4) is 0 Å². The Balaban J connectivity index is 2.36. The Morgan fingerprint density at radius 3 is 2.50 bits per heavy atom. The molecule has 2 aromatic rings. The van der Waals surface area contributed by atoms with E-state index in [1.54, 1.807) is 43.5 Å². The number of aromatic nitrogens is 1. The lowest BCUT2D eigenvalue weighted by Gasteiger charge is -2.14. The maximum absolute atomic E-state index is 12.3. The number of sulfonamides is 1. The first-order chi connectivity index (χ1) is 10.3. The van der Waals surface area contributed by atoms with E-state index in [1.807, 2.05) is 0 Å². The molecule has 22 heavy (non-hydrogen) atoms. The van der Waals surface area contributed by atoms with E-state index in [1.165, 1.54) is 20.2 Å². The largest absolute Gasteiger partial charge is 0.307 e. The van der Waals surface area contributed by atoms with E-state index in [9.17, 15) is 13.2 Å². The van der Waals surface area contributed by atoms with Crippen LogP contribution in [0.5, 0.6) is 0 Å². The molecule has 2 rings (SSSR count). The summed E-state index contributed by atoms with van der Waals surface area (Å²) in [4.78, 5) is 16.3. The van der Waals surface area contributed by atoms with Crippen LogP contribution in [0.1, 0.15) is 15.9 Å². The van der Waals surface area contributed by atoms with Gasteiger partial charge in [-0.25, -0.2) is 17.7 Å². The van der Waals surface area contributed by atoms with Crippen LogP contribution in [-0.2, 0) is 10.0 Å². The number of hydrogen-bond acceptors (Lipinski definition) is 4. The fraction of sp³-hybridized carbons (Fsp3) is 0.200. The van der Waals surface area contributed by atoms with Crippen LogP contribution in [0, 0.1) is 6.92 Å². The number of carbonyl (C=O) groups excluding carboxylic acids is 1. The number of pyridine rings is 1. The number of benzene rings is 1. The number of hydrogen-bond donors (Lipinski definition) is 1. The Hall–Kier alpha value is -2.25. The molecule has 0 unspecified atom stereocenters. The van der Waals surface area contributed by atoms with E-state index in [4.69, 9.17) is 0 Å². The van der Waals surface area contributed by atoms with Gasteiger partial charge in [0.1, 0.15) is 5.82 Å². The highest BCUT2D eigenvalue weighted by Gasteiger charge is 2.21. The van der Waals surface area contributed by atoms with Crippen LogP contribution in [0.25, 0.3) is 0 Å². The molecule has 1 aromatic carbocycles. The van der Waals surface area contributed by atoms with Crippen molar-refractivity contribution in [2.75, 3.05) is 19.4 Å². The van der Waals surface area contributed by atoms with Crippen molar-refractivity contribution in [3.8, 4) is 0 Å². The smallest absolute Gasteiger partial charge is 0.256 e. The van der Waals surface area contributed by atoms with Crippen molar-refractivity contribution in [2.24, 2.45) is 0 Å². The van der Waals surface area contributed by atoms with E-state index in [0.29, 0.717) is 11.4 Å². The van der Waals surface area contributed by atoms with Gasteiger partial charge in [0.25, 0.3) is 5.91 Å². The third kappa shape index (κ3) is 3.32. The Bertz CT molecular complexity index is 787. The maximum atomic E-state index is 12.3. The minimum Gasteiger partial charge on any atom is -0.307 e. The quantitative estimate of drug-likeness (QED) is 0.933. The lowest BCUT2D eigenvalue weighted by atomic mass is 10.1. The molecule has 0 aliphatic rings. The monoisotopic (exact) mass is 319 g/mol. The first-order valence-corrected chi connectivity index (χ1v) is 8.02. The van der Waals surface area contributed by atoms with Gasteiger partial charge < -0.3 is 5.32 Å². The molecule has 0 bridgehead atoms. The van der Waals surface area contributed by atoms with Gasteiger partial charge in [-0.05, 0) is 36.8 Å². The molecule has 7 heteroatoms. The summed E-state index contributed by atoms with van der Waals surface area (Å²) >= 11 is 0. The maximum Gasteiger partial charge on any atom is 0.256 e. The van der Waals surface area contributed by atoms with Crippen LogP contribution in [0.4, 0.5) is 5.82 Å². The van der Waals surface area contributed by atoms with Gasteiger partial charge >= 0.3 is 0 Å². The lowest BCUT2D eigenvalue weighted by molar-refractivity contribution is 0.102. The molecular formula is C15H17N3O3S. The molecule has 0 spiro atoms. The highest BCUT2D eigenvalue weighted by atomic mass is 32.2. The normalized spacial score (nSPS) is 11.5. The third-order valence-corrected chi connectivity index (χ3v) is 5.07. The molecule has 0 radical (unpaired) electrons. The number of nitrogens with zero attached hydrogens (tertiary/aromatic N) is 2. The van der Waals surface area contributed by atoms with E-state index >= 15 is 0 Å². The molecule has 1 heterocycles. The van der Waals surface area contributed by atoms with Crippen LogP contribution >= 0.6 is 0 Å². The molecule has 1 aromatic heterocycles. The lowest BCUT2D eigenvalue weighted by Crippen LogP contribution is -2.23. The molecule has 0 saturated heterocycles. The fourth-order valence-electron chi connectivity index (χ4n) is 1.84. The summed E-state index contributed by atoms with van der Waals surface area (Å²) in [5.74, 6) is -0.000928. The molecule has 1 amide bonds. The standard InChI is InChI=1S/C15H17N3O3S/c1-11-7-8-12(10-13(11)22(20,21)18(2)3)15(19)17-14-6-4-5-9-16-14/h4-10H,1-3H3,(H,16,17,19). The Kier molecular flexibility index (Phi) is 4.58. The van der Waals surface area contributed by atoms with Crippen molar-refractivity contribution in [2.45, 2.75) is 11.8 Å². The molecule has 1 N–H and O–H groups in total. The zero-order chi connectivity index (χ0) is 16.3. The second kappa shape index (κ2) is 6.25. The Labute approximate surface area is 129 Å². The van der Waals surface area contributed by atoms with Gasteiger partial charge in [0.05, 0.1) is 4.90 Å². The fourth-order valence-corrected chi connectivity index (χ4v) is 2.99. The predicted molar refractivity (Wildman–Crippen MR) is 84.2 cm³/mol. The molecule has 0 aliphatic carbocycles. The Morgan fingerprint density at radius 2 is 1.91 bits per heavy atom. The summed E-state index contributed by atoms with van der Waals surface area (Å²) in [5.41, 5.74) is 0.847. The molecule has 0 fully saturated rings. The number of carbonyl (C=O) groups is 1. The Morgan fingerprint density at radius 1 is 1.18 bits per heavy atom. The summed E-state index contributed by atoms with van der Waals surface area (Å²) in [6.45, 7) is 1.69. The number of amides is 1. The average Bonchev–Trinajstić information content (AvgIpc) is 2.48. The van der Waals surface area contributed by atoms with Gasteiger partial charge in [-0.15, -0.1) is 0 Å². The number of rotatable bonds is 4. The average molecular weight is 319 g/mol.